The molecular weight excluding hydrogens is 184 g/mol. The number of carbonyl (C=O) groups excluding carboxylic acids is 2. The molecule has 6 N–H and O–H groups in total. The van der Waals surface area contributed by atoms with E-state index < -0.39 is 17.7 Å². The van der Waals surface area contributed by atoms with Gasteiger partial charge < -0.3 is 0 Å². The number of nitrogens with two attached hydrogens (primary N) is 2. The Labute approximate surface area is 81.0 Å². The Hall–Kier alpha value is -1.66. The van der Waals surface area contributed by atoms with E-state index in [0.717, 1.165) is 0 Å². The second kappa shape index (κ2) is 4.54. The van der Waals surface area contributed by atoms with Crippen molar-refractivity contribution < 1.29 is 9.59 Å². The molecule has 0 aromatic carbocycles. The van der Waals surface area contributed by atoms with Crippen LogP contribution in [0.3, 0.4) is 0 Å². The minimum absolute atomic E-state index is 0.318. The van der Waals surface area contributed by atoms with Gasteiger partial charge in [-0.2, -0.15) is 0 Å². The van der Waals surface area contributed by atoms with Gasteiger partial charge in [0, 0.05) is 5.57 Å². The SMILES string of the molecule is NNC(=O)C1=CC=CCC1C(=O)NN. The topological polar surface area (TPSA) is 110 Å². The third-order valence-electron chi connectivity index (χ3n) is 2.01. The second-order valence-corrected chi connectivity index (χ2v) is 2.82. The Kier molecular flexibility index (Phi) is 3.38. The highest BCUT2D eigenvalue weighted by Crippen LogP contribution is 2.20. The third-order valence-corrected chi connectivity index (χ3v) is 2.01. The lowest BCUT2D eigenvalue weighted by Crippen LogP contribution is -2.41. The van der Waals surface area contributed by atoms with E-state index in [1.165, 1.54) is 0 Å². The normalized spacial score (nSPS) is 19.9. The summed E-state index contributed by atoms with van der Waals surface area (Å²) in [4.78, 5) is 22.5. The van der Waals surface area contributed by atoms with Crippen LogP contribution in [-0.4, -0.2) is 11.8 Å². The van der Waals surface area contributed by atoms with E-state index in [-0.39, 0.29) is 0 Å². The maximum absolute atomic E-state index is 11.3. The van der Waals surface area contributed by atoms with Crippen LogP contribution in [0.4, 0.5) is 0 Å². The molecule has 0 aromatic rings. The third kappa shape index (κ3) is 1.98. The summed E-state index contributed by atoms with van der Waals surface area (Å²) in [6.07, 6.45) is 5.48. The molecule has 6 nitrogen and oxygen atoms in total. The number of hydrogen-bond acceptors (Lipinski definition) is 4. The monoisotopic (exact) mass is 196 g/mol. The van der Waals surface area contributed by atoms with E-state index in [2.05, 4.69) is 0 Å². The zero-order valence-electron chi connectivity index (χ0n) is 7.49. The van der Waals surface area contributed by atoms with E-state index in [1.54, 1.807) is 18.2 Å². The highest BCUT2D eigenvalue weighted by molar-refractivity contribution is 6.00. The predicted molar refractivity (Wildman–Crippen MR) is 50.0 cm³/mol. The Morgan fingerprint density at radius 1 is 1.36 bits per heavy atom. The minimum Gasteiger partial charge on any atom is -0.294 e. The second-order valence-electron chi connectivity index (χ2n) is 2.82. The predicted octanol–water partition coefficient (Wildman–Crippen LogP) is -1.53. The number of amides is 2. The molecule has 0 heterocycles. The number of hydrogen-bond donors (Lipinski definition) is 4. The Morgan fingerprint density at radius 2 is 2.07 bits per heavy atom. The van der Waals surface area contributed by atoms with Crippen LogP contribution in [0.2, 0.25) is 0 Å². The standard InChI is InChI=1S/C8H12N4O2/c9-11-7(13)5-3-1-2-4-6(5)8(14)12-10/h1-3,6H,4,9-10H2,(H,11,13)(H,12,14). The molecule has 76 valence electrons. The van der Waals surface area contributed by atoms with Crippen LogP contribution in [0.15, 0.2) is 23.8 Å². The number of allylic oxidation sites excluding steroid dienone is 3. The molecule has 2 amide bonds. The lowest BCUT2D eigenvalue weighted by Gasteiger charge is -2.18. The summed E-state index contributed by atoms with van der Waals surface area (Å²) in [7, 11) is 0. The first-order valence-electron chi connectivity index (χ1n) is 4.08. The van der Waals surface area contributed by atoms with Gasteiger partial charge in [-0.15, -0.1) is 0 Å². The lowest BCUT2D eigenvalue weighted by molar-refractivity contribution is -0.126. The fraction of sp³-hybridized carbons (Fsp3) is 0.250. The lowest BCUT2D eigenvalue weighted by atomic mass is 9.90. The van der Waals surface area contributed by atoms with Crippen LogP contribution < -0.4 is 22.5 Å². The highest BCUT2D eigenvalue weighted by atomic mass is 16.2. The maximum atomic E-state index is 11.3. The molecule has 1 aliphatic carbocycles. The van der Waals surface area contributed by atoms with Gasteiger partial charge in [-0.05, 0) is 6.42 Å². The van der Waals surface area contributed by atoms with Crippen LogP contribution in [0.25, 0.3) is 0 Å². The Balaban J connectivity index is 2.87. The van der Waals surface area contributed by atoms with Crippen LogP contribution in [0.1, 0.15) is 6.42 Å². The molecule has 1 aliphatic rings. The summed E-state index contributed by atoms with van der Waals surface area (Å²) >= 11 is 0. The van der Waals surface area contributed by atoms with Crippen LogP contribution in [0, 0.1) is 5.92 Å². The van der Waals surface area contributed by atoms with E-state index in [4.69, 9.17) is 11.7 Å². The first-order valence-corrected chi connectivity index (χ1v) is 4.08. The van der Waals surface area contributed by atoms with Crippen LogP contribution in [-0.2, 0) is 9.59 Å². The van der Waals surface area contributed by atoms with Crippen molar-refractivity contribution in [2.75, 3.05) is 0 Å². The van der Waals surface area contributed by atoms with Crippen molar-refractivity contribution in [2.24, 2.45) is 17.6 Å². The van der Waals surface area contributed by atoms with Crippen molar-refractivity contribution in [3.8, 4) is 0 Å². The smallest absolute Gasteiger partial charge is 0.261 e. The fourth-order valence-electron chi connectivity index (χ4n) is 1.30. The molecule has 0 spiro atoms. The summed E-state index contributed by atoms with van der Waals surface area (Å²) < 4.78 is 0. The summed E-state index contributed by atoms with van der Waals surface area (Å²) in [6, 6.07) is 0. The zero-order valence-corrected chi connectivity index (χ0v) is 7.49. The zero-order chi connectivity index (χ0) is 10.6. The molecule has 0 aliphatic heterocycles. The molecule has 0 aromatic heterocycles. The maximum Gasteiger partial charge on any atom is 0.261 e. The molecule has 1 unspecified atom stereocenters. The highest BCUT2D eigenvalue weighted by Gasteiger charge is 2.26. The molecule has 6 heteroatoms. The van der Waals surface area contributed by atoms with E-state index in [0.29, 0.717) is 12.0 Å². The van der Waals surface area contributed by atoms with Gasteiger partial charge in [-0.1, -0.05) is 18.2 Å². The van der Waals surface area contributed by atoms with Crippen molar-refractivity contribution in [1.82, 2.24) is 10.9 Å². The van der Waals surface area contributed by atoms with E-state index in [1.807, 2.05) is 10.9 Å². The number of nitrogens with one attached hydrogen (secondary N) is 2. The molecule has 1 atom stereocenters. The van der Waals surface area contributed by atoms with Gasteiger partial charge >= 0.3 is 0 Å². The fourth-order valence-corrected chi connectivity index (χ4v) is 1.30. The molecule has 14 heavy (non-hydrogen) atoms. The van der Waals surface area contributed by atoms with Crippen molar-refractivity contribution >= 4 is 11.8 Å². The van der Waals surface area contributed by atoms with Gasteiger partial charge in [0.25, 0.3) is 5.91 Å². The van der Waals surface area contributed by atoms with Gasteiger partial charge in [0.05, 0.1) is 5.92 Å². The summed E-state index contributed by atoms with van der Waals surface area (Å²) in [5.74, 6) is 8.54. The van der Waals surface area contributed by atoms with Crippen molar-refractivity contribution in [1.29, 1.82) is 0 Å². The average molecular weight is 196 g/mol. The van der Waals surface area contributed by atoms with Crippen molar-refractivity contribution in [3.05, 3.63) is 23.8 Å². The molecule has 1 rings (SSSR count). The summed E-state index contributed by atoms with van der Waals surface area (Å²) in [5, 5.41) is 0. The first-order chi connectivity index (χ1) is 6.70. The van der Waals surface area contributed by atoms with Gasteiger partial charge in [0.15, 0.2) is 0 Å². The number of rotatable bonds is 2. The molecule has 0 bridgehead atoms. The molecule has 0 saturated heterocycles. The molecule has 0 radical (unpaired) electrons. The van der Waals surface area contributed by atoms with E-state index in [9.17, 15) is 9.59 Å². The van der Waals surface area contributed by atoms with Crippen LogP contribution >= 0.6 is 0 Å². The quantitative estimate of drug-likeness (QED) is 0.244. The Morgan fingerprint density at radius 3 is 2.64 bits per heavy atom. The molecule has 0 saturated carbocycles. The molecular formula is C8H12N4O2. The van der Waals surface area contributed by atoms with Gasteiger partial charge in [-0.25, -0.2) is 11.7 Å². The van der Waals surface area contributed by atoms with Gasteiger partial charge in [0.1, 0.15) is 0 Å². The van der Waals surface area contributed by atoms with E-state index >= 15 is 0 Å². The first kappa shape index (κ1) is 10.4. The van der Waals surface area contributed by atoms with Gasteiger partial charge in [0.2, 0.25) is 5.91 Å². The average Bonchev–Trinajstić information content (AvgIpc) is 2.27. The summed E-state index contributed by atoms with van der Waals surface area (Å²) in [5.41, 5.74) is 4.31. The van der Waals surface area contributed by atoms with Gasteiger partial charge in [-0.3, -0.25) is 20.4 Å². The largest absolute Gasteiger partial charge is 0.294 e. The van der Waals surface area contributed by atoms with Crippen molar-refractivity contribution in [3.63, 3.8) is 0 Å². The number of carbonyl (C=O) groups is 2. The molecule has 0 fully saturated rings. The van der Waals surface area contributed by atoms with Crippen molar-refractivity contribution in [2.45, 2.75) is 6.42 Å². The number of hydrazine groups is 2. The van der Waals surface area contributed by atoms with Crippen LogP contribution in [0.5, 0.6) is 0 Å². The summed E-state index contributed by atoms with van der Waals surface area (Å²) in [6.45, 7) is 0. The Bertz CT molecular complexity index is 308. The minimum atomic E-state index is -0.562.